The molecule has 0 saturated carbocycles. The van der Waals surface area contributed by atoms with E-state index in [0.717, 1.165) is 6.07 Å². The van der Waals surface area contributed by atoms with Crippen molar-refractivity contribution in [2.75, 3.05) is 0 Å². The van der Waals surface area contributed by atoms with Crippen LogP contribution in [0, 0.1) is 10.1 Å². The third-order valence-corrected chi connectivity index (χ3v) is 4.78. The highest BCUT2D eigenvalue weighted by Gasteiger charge is 2.17. The van der Waals surface area contributed by atoms with Crippen molar-refractivity contribution in [3.8, 4) is 0 Å². The zero-order chi connectivity index (χ0) is 17.3. The standard InChI is InChI=1S/C14H12N4O5S/c19-14-16-12-5-4-9(6-13(12)17-14)8-15-24(22,23)11-3-1-2-10(7-11)18(20)21/h1-7,15H,8H2,(H2,16,17,19). The van der Waals surface area contributed by atoms with Crippen molar-refractivity contribution in [1.82, 2.24) is 14.7 Å². The minimum atomic E-state index is -3.90. The van der Waals surface area contributed by atoms with E-state index in [1.807, 2.05) is 0 Å². The molecule has 10 heteroatoms. The van der Waals surface area contributed by atoms with E-state index in [1.54, 1.807) is 18.2 Å². The predicted octanol–water partition coefficient (Wildman–Crippen LogP) is 1.24. The van der Waals surface area contributed by atoms with Crippen LogP contribution in [0.3, 0.4) is 0 Å². The smallest absolute Gasteiger partial charge is 0.306 e. The first-order valence-corrected chi connectivity index (χ1v) is 8.28. The summed E-state index contributed by atoms with van der Waals surface area (Å²) < 4.78 is 26.9. The molecule has 1 aromatic heterocycles. The van der Waals surface area contributed by atoms with Crippen molar-refractivity contribution < 1.29 is 13.3 Å². The fourth-order valence-corrected chi connectivity index (χ4v) is 3.27. The summed E-state index contributed by atoms with van der Waals surface area (Å²) in [5, 5.41) is 10.7. The molecular formula is C14H12N4O5S. The Hall–Kier alpha value is -2.98. The molecule has 0 unspecified atom stereocenters. The van der Waals surface area contributed by atoms with Gasteiger partial charge < -0.3 is 9.97 Å². The second-order valence-corrected chi connectivity index (χ2v) is 6.81. The third-order valence-electron chi connectivity index (χ3n) is 3.39. The van der Waals surface area contributed by atoms with Gasteiger partial charge in [-0.1, -0.05) is 12.1 Å². The summed E-state index contributed by atoms with van der Waals surface area (Å²) in [6.07, 6.45) is 0. The molecule has 3 aromatic rings. The molecule has 3 N–H and O–H groups in total. The molecule has 0 amide bonds. The van der Waals surface area contributed by atoms with Crippen LogP contribution in [-0.4, -0.2) is 23.3 Å². The Morgan fingerprint density at radius 1 is 1.08 bits per heavy atom. The van der Waals surface area contributed by atoms with E-state index in [4.69, 9.17) is 0 Å². The van der Waals surface area contributed by atoms with Gasteiger partial charge in [0.1, 0.15) is 0 Å². The molecule has 0 spiro atoms. The molecule has 2 aromatic carbocycles. The molecule has 0 aliphatic heterocycles. The van der Waals surface area contributed by atoms with Crippen LogP contribution in [0.15, 0.2) is 52.2 Å². The van der Waals surface area contributed by atoms with Gasteiger partial charge in [-0.25, -0.2) is 17.9 Å². The number of hydrogen-bond acceptors (Lipinski definition) is 5. The number of hydrogen-bond donors (Lipinski definition) is 3. The van der Waals surface area contributed by atoms with Crippen LogP contribution in [0.25, 0.3) is 11.0 Å². The van der Waals surface area contributed by atoms with Crippen LogP contribution >= 0.6 is 0 Å². The van der Waals surface area contributed by atoms with Gasteiger partial charge in [0.2, 0.25) is 10.0 Å². The lowest BCUT2D eigenvalue weighted by molar-refractivity contribution is -0.385. The second kappa shape index (κ2) is 5.91. The van der Waals surface area contributed by atoms with Crippen LogP contribution in [0.5, 0.6) is 0 Å². The van der Waals surface area contributed by atoms with Gasteiger partial charge in [0.25, 0.3) is 5.69 Å². The Bertz CT molecular complexity index is 1080. The fraction of sp³-hybridized carbons (Fsp3) is 0.0714. The van der Waals surface area contributed by atoms with Gasteiger partial charge in [0.05, 0.1) is 20.9 Å². The van der Waals surface area contributed by atoms with Gasteiger partial charge >= 0.3 is 5.69 Å². The number of nitrogens with zero attached hydrogens (tertiary/aromatic N) is 1. The number of non-ortho nitro benzene ring substituents is 1. The Labute approximate surface area is 135 Å². The summed E-state index contributed by atoms with van der Waals surface area (Å²) in [4.78, 5) is 26.3. The number of nitro benzene ring substituents is 1. The zero-order valence-corrected chi connectivity index (χ0v) is 13.0. The maximum atomic E-state index is 12.3. The largest absolute Gasteiger partial charge is 0.323 e. The summed E-state index contributed by atoms with van der Waals surface area (Å²) in [6, 6.07) is 9.77. The minimum absolute atomic E-state index is 0.0197. The number of aromatic nitrogens is 2. The number of rotatable bonds is 5. The molecule has 0 fully saturated rings. The Balaban J connectivity index is 1.82. The molecule has 0 aliphatic rings. The number of fused-ring (bicyclic) bond motifs is 1. The SMILES string of the molecule is O=c1[nH]c2ccc(CNS(=O)(=O)c3cccc([N+](=O)[O-])c3)cc2[nH]1. The van der Waals surface area contributed by atoms with E-state index in [9.17, 15) is 23.3 Å². The van der Waals surface area contributed by atoms with E-state index >= 15 is 0 Å². The summed E-state index contributed by atoms with van der Waals surface area (Å²) in [5.41, 5.74) is 1.16. The van der Waals surface area contributed by atoms with Gasteiger partial charge in [-0.3, -0.25) is 10.1 Å². The topological polar surface area (TPSA) is 138 Å². The Kier molecular flexibility index (Phi) is 3.91. The molecule has 9 nitrogen and oxygen atoms in total. The average molecular weight is 348 g/mol. The lowest BCUT2D eigenvalue weighted by atomic mass is 10.2. The van der Waals surface area contributed by atoms with Crippen LogP contribution < -0.4 is 10.4 Å². The second-order valence-electron chi connectivity index (χ2n) is 5.04. The first-order valence-electron chi connectivity index (χ1n) is 6.80. The number of nitrogens with one attached hydrogen (secondary N) is 3. The van der Waals surface area contributed by atoms with Crippen molar-refractivity contribution in [3.05, 3.63) is 68.6 Å². The Morgan fingerprint density at radius 2 is 1.83 bits per heavy atom. The average Bonchev–Trinajstić information content (AvgIpc) is 2.92. The molecule has 1 heterocycles. The van der Waals surface area contributed by atoms with Crippen LogP contribution in [0.2, 0.25) is 0 Å². The molecule has 0 bridgehead atoms. The number of imidazole rings is 1. The van der Waals surface area contributed by atoms with E-state index in [-0.39, 0.29) is 22.8 Å². The summed E-state index contributed by atoms with van der Waals surface area (Å²) >= 11 is 0. The maximum Gasteiger partial charge on any atom is 0.323 e. The Morgan fingerprint density at radius 3 is 2.58 bits per heavy atom. The quantitative estimate of drug-likeness (QED) is 0.470. The van der Waals surface area contributed by atoms with Crippen molar-refractivity contribution in [1.29, 1.82) is 0 Å². The highest BCUT2D eigenvalue weighted by Crippen LogP contribution is 2.18. The zero-order valence-electron chi connectivity index (χ0n) is 12.1. The van der Waals surface area contributed by atoms with Gasteiger partial charge in [-0.05, 0) is 23.8 Å². The van der Waals surface area contributed by atoms with E-state index in [2.05, 4.69) is 14.7 Å². The number of aromatic amines is 2. The van der Waals surface area contributed by atoms with Gasteiger partial charge in [-0.2, -0.15) is 0 Å². The van der Waals surface area contributed by atoms with Crippen molar-refractivity contribution in [2.45, 2.75) is 11.4 Å². The first-order chi connectivity index (χ1) is 11.3. The van der Waals surface area contributed by atoms with Gasteiger partial charge in [0, 0.05) is 18.7 Å². The van der Waals surface area contributed by atoms with E-state index in [1.165, 1.54) is 18.2 Å². The number of sulfonamides is 1. The molecule has 0 radical (unpaired) electrons. The molecule has 124 valence electrons. The predicted molar refractivity (Wildman–Crippen MR) is 86.0 cm³/mol. The summed E-state index contributed by atoms with van der Waals surface area (Å²) in [7, 11) is -3.90. The minimum Gasteiger partial charge on any atom is -0.306 e. The molecular weight excluding hydrogens is 336 g/mol. The van der Waals surface area contributed by atoms with Crippen LogP contribution in [0.4, 0.5) is 5.69 Å². The van der Waals surface area contributed by atoms with Gasteiger partial charge in [-0.15, -0.1) is 0 Å². The highest BCUT2D eigenvalue weighted by atomic mass is 32.2. The van der Waals surface area contributed by atoms with E-state index < -0.39 is 14.9 Å². The van der Waals surface area contributed by atoms with Crippen LogP contribution in [-0.2, 0) is 16.6 Å². The molecule has 3 rings (SSSR count). The monoisotopic (exact) mass is 348 g/mol. The normalized spacial score (nSPS) is 11.7. The van der Waals surface area contributed by atoms with Crippen molar-refractivity contribution >= 4 is 26.7 Å². The molecule has 24 heavy (non-hydrogen) atoms. The molecule has 0 saturated heterocycles. The number of H-pyrrole nitrogens is 2. The summed E-state index contributed by atoms with van der Waals surface area (Å²) in [6.45, 7) is -0.0197. The maximum absolute atomic E-state index is 12.3. The lowest BCUT2D eigenvalue weighted by Crippen LogP contribution is -2.23. The number of benzene rings is 2. The van der Waals surface area contributed by atoms with Gasteiger partial charge in [0.15, 0.2) is 0 Å². The molecule has 0 atom stereocenters. The third kappa shape index (κ3) is 3.19. The van der Waals surface area contributed by atoms with Crippen LogP contribution in [0.1, 0.15) is 5.56 Å². The molecule has 0 aliphatic carbocycles. The van der Waals surface area contributed by atoms with Crippen molar-refractivity contribution in [2.24, 2.45) is 0 Å². The van der Waals surface area contributed by atoms with Crippen molar-refractivity contribution in [3.63, 3.8) is 0 Å². The highest BCUT2D eigenvalue weighted by molar-refractivity contribution is 7.89. The lowest BCUT2D eigenvalue weighted by Gasteiger charge is -2.07. The first kappa shape index (κ1) is 15.9. The summed E-state index contributed by atoms with van der Waals surface area (Å²) in [5.74, 6) is 0. The van der Waals surface area contributed by atoms with E-state index in [0.29, 0.717) is 16.6 Å². The number of nitro groups is 1. The fourth-order valence-electron chi connectivity index (χ4n) is 2.22.